The van der Waals surface area contributed by atoms with Crippen molar-refractivity contribution in [3.8, 4) is 0 Å². The van der Waals surface area contributed by atoms with Gasteiger partial charge in [-0.15, -0.1) is 11.8 Å². The Hall–Kier alpha value is -0.200. The zero-order valence-electron chi connectivity index (χ0n) is 9.89. The van der Waals surface area contributed by atoms with Crippen LogP contribution in [0.15, 0.2) is 4.52 Å². The van der Waals surface area contributed by atoms with E-state index in [1.54, 1.807) is 0 Å². The molecule has 6 heteroatoms. The van der Waals surface area contributed by atoms with E-state index in [9.17, 15) is 0 Å². The lowest BCUT2D eigenvalue weighted by Gasteiger charge is -2.17. The Bertz CT molecular complexity index is 379. The summed E-state index contributed by atoms with van der Waals surface area (Å²) in [5.74, 6) is 6.28. The third kappa shape index (κ3) is 2.48. The highest BCUT2D eigenvalue weighted by Gasteiger charge is 2.31. The molecule has 3 heterocycles. The fourth-order valence-corrected chi connectivity index (χ4v) is 4.90. The molecule has 2 saturated heterocycles. The summed E-state index contributed by atoms with van der Waals surface area (Å²) in [6, 6.07) is 0. The summed E-state index contributed by atoms with van der Waals surface area (Å²) >= 11 is 3.94. The van der Waals surface area contributed by atoms with Crippen molar-refractivity contribution in [2.45, 2.75) is 18.1 Å². The van der Waals surface area contributed by atoms with Crippen molar-refractivity contribution >= 4 is 23.5 Å². The maximum absolute atomic E-state index is 5.45. The lowest BCUT2D eigenvalue weighted by molar-refractivity contribution is 0.336. The third-order valence-corrected chi connectivity index (χ3v) is 6.15. The van der Waals surface area contributed by atoms with Gasteiger partial charge in [0.05, 0.1) is 11.2 Å². The molecule has 0 amide bonds. The molecular weight excluding hydrogens is 254 g/mol. The number of aromatic nitrogens is 2. The molecule has 3 atom stereocenters. The van der Waals surface area contributed by atoms with Crippen molar-refractivity contribution in [2.24, 2.45) is 5.92 Å². The van der Waals surface area contributed by atoms with Crippen LogP contribution in [0.3, 0.4) is 0 Å². The molecule has 0 aliphatic carbocycles. The smallest absolute Gasteiger partial charge is 0.231 e. The highest BCUT2D eigenvalue weighted by atomic mass is 32.2. The molecular formula is C11H17N3OS2. The predicted molar refractivity (Wildman–Crippen MR) is 71.6 cm³/mol. The van der Waals surface area contributed by atoms with Crippen molar-refractivity contribution in [3.05, 3.63) is 11.7 Å². The first-order chi connectivity index (χ1) is 8.34. The molecule has 1 aromatic rings. The summed E-state index contributed by atoms with van der Waals surface area (Å²) in [6.07, 6.45) is 0. The van der Waals surface area contributed by atoms with E-state index < -0.39 is 0 Å². The van der Waals surface area contributed by atoms with Crippen molar-refractivity contribution in [3.63, 3.8) is 0 Å². The highest BCUT2D eigenvalue weighted by Crippen LogP contribution is 2.36. The molecule has 0 aromatic carbocycles. The molecule has 3 unspecified atom stereocenters. The lowest BCUT2D eigenvalue weighted by atomic mass is 9.98. The third-order valence-electron chi connectivity index (χ3n) is 3.40. The quantitative estimate of drug-likeness (QED) is 0.887. The lowest BCUT2D eigenvalue weighted by Crippen LogP contribution is -2.10. The van der Waals surface area contributed by atoms with Crippen LogP contribution < -0.4 is 5.32 Å². The summed E-state index contributed by atoms with van der Waals surface area (Å²) < 4.78 is 5.45. The van der Waals surface area contributed by atoms with Crippen LogP contribution in [0.4, 0.5) is 0 Å². The number of hydrogen-bond donors (Lipinski definition) is 1. The van der Waals surface area contributed by atoms with E-state index in [2.05, 4.69) is 22.4 Å². The van der Waals surface area contributed by atoms with Crippen LogP contribution in [0.2, 0.25) is 0 Å². The maximum Gasteiger partial charge on any atom is 0.231 e. The van der Waals surface area contributed by atoms with Gasteiger partial charge in [0.1, 0.15) is 0 Å². The van der Waals surface area contributed by atoms with Gasteiger partial charge in [0.2, 0.25) is 5.89 Å². The van der Waals surface area contributed by atoms with Gasteiger partial charge in [-0.3, -0.25) is 0 Å². The minimum absolute atomic E-state index is 0.400. The first kappa shape index (κ1) is 11.9. The molecule has 17 heavy (non-hydrogen) atoms. The largest absolute Gasteiger partial charge is 0.339 e. The van der Waals surface area contributed by atoms with E-state index in [1.165, 1.54) is 11.5 Å². The van der Waals surface area contributed by atoms with Crippen LogP contribution in [0.25, 0.3) is 0 Å². The van der Waals surface area contributed by atoms with Gasteiger partial charge in [-0.1, -0.05) is 12.1 Å². The van der Waals surface area contributed by atoms with Crippen LogP contribution in [0.1, 0.15) is 29.8 Å². The Labute approximate surface area is 110 Å². The Kier molecular flexibility index (Phi) is 3.63. The van der Waals surface area contributed by atoms with Crippen LogP contribution in [0, 0.1) is 5.92 Å². The minimum Gasteiger partial charge on any atom is -0.339 e. The predicted octanol–water partition coefficient (Wildman–Crippen LogP) is 1.91. The molecule has 0 bridgehead atoms. The maximum atomic E-state index is 5.45. The molecule has 4 nitrogen and oxygen atoms in total. The van der Waals surface area contributed by atoms with E-state index in [4.69, 9.17) is 4.52 Å². The number of hydrogen-bond acceptors (Lipinski definition) is 6. The molecule has 3 rings (SSSR count). The molecule has 0 spiro atoms. The summed E-state index contributed by atoms with van der Waals surface area (Å²) in [5, 5.41) is 7.97. The van der Waals surface area contributed by atoms with Crippen molar-refractivity contribution in [1.29, 1.82) is 0 Å². The van der Waals surface area contributed by atoms with E-state index in [1.807, 2.05) is 23.5 Å². The SMILES string of the molecule is CC1CNCC1c1nc(C2CSCCS2)no1. The van der Waals surface area contributed by atoms with Crippen LogP contribution in [-0.4, -0.2) is 40.5 Å². The zero-order valence-corrected chi connectivity index (χ0v) is 11.5. The Morgan fingerprint density at radius 1 is 1.35 bits per heavy atom. The standard InChI is InChI=1S/C11H17N3OS2/c1-7-4-12-5-8(7)11-13-10(14-15-11)9-6-16-2-3-17-9/h7-9,12H,2-6H2,1H3. The van der Waals surface area contributed by atoms with Crippen molar-refractivity contribution in [1.82, 2.24) is 15.5 Å². The molecule has 1 N–H and O–H groups in total. The van der Waals surface area contributed by atoms with E-state index in [0.29, 0.717) is 17.1 Å². The summed E-state index contributed by atoms with van der Waals surface area (Å²) in [7, 11) is 0. The summed E-state index contributed by atoms with van der Waals surface area (Å²) in [6.45, 7) is 4.26. The monoisotopic (exact) mass is 271 g/mol. The molecule has 0 saturated carbocycles. The Morgan fingerprint density at radius 2 is 2.29 bits per heavy atom. The van der Waals surface area contributed by atoms with Crippen LogP contribution in [-0.2, 0) is 0 Å². The van der Waals surface area contributed by atoms with Crippen molar-refractivity contribution in [2.75, 3.05) is 30.3 Å². The second-order valence-corrected chi connectivity index (χ2v) is 7.13. The summed E-state index contributed by atoms with van der Waals surface area (Å²) in [5.41, 5.74) is 0. The topological polar surface area (TPSA) is 51.0 Å². The molecule has 94 valence electrons. The molecule has 1 aromatic heterocycles. The van der Waals surface area contributed by atoms with E-state index in [-0.39, 0.29) is 0 Å². The fraction of sp³-hybridized carbons (Fsp3) is 0.818. The number of nitrogens with one attached hydrogen (secondary N) is 1. The molecule has 0 radical (unpaired) electrons. The first-order valence-electron chi connectivity index (χ1n) is 6.08. The second kappa shape index (κ2) is 5.20. The molecule has 2 aliphatic heterocycles. The number of rotatable bonds is 2. The van der Waals surface area contributed by atoms with Gasteiger partial charge in [-0.25, -0.2) is 0 Å². The number of nitrogens with zero attached hydrogens (tertiary/aromatic N) is 2. The van der Waals surface area contributed by atoms with Gasteiger partial charge in [0, 0.05) is 23.8 Å². The van der Waals surface area contributed by atoms with Crippen LogP contribution >= 0.6 is 23.5 Å². The van der Waals surface area contributed by atoms with Gasteiger partial charge in [-0.2, -0.15) is 16.7 Å². The average Bonchev–Trinajstić information content (AvgIpc) is 2.98. The van der Waals surface area contributed by atoms with Gasteiger partial charge in [-0.05, 0) is 12.5 Å². The van der Waals surface area contributed by atoms with E-state index in [0.717, 1.165) is 30.6 Å². The van der Waals surface area contributed by atoms with Gasteiger partial charge in [0.25, 0.3) is 0 Å². The molecule has 2 fully saturated rings. The number of thioether (sulfide) groups is 2. The van der Waals surface area contributed by atoms with Gasteiger partial charge in [0.15, 0.2) is 5.82 Å². The minimum atomic E-state index is 0.400. The Balaban J connectivity index is 1.73. The highest BCUT2D eigenvalue weighted by molar-refractivity contribution is 8.06. The van der Waals surface area contributed by atoms with Gasteiger partial charge < -0.3 is 9.84 Å². The Morgan fingerprint density at radius 3 is 3.00 bits per heavy atom. The summed E-state index contributed by atoms with van der Waals surface area (Å²) in [4.78, 5) is 4.61. The van der Waals surface area contributed by atoms with Crippen LogP contribution in [0.5, 0.6) is 0 Å². The first-order valence-corrected chi connectivity index (χ1v) is 8.28. The van der Waals surface area contributed by atoms with E-state index >= 15 is 0 Å². The zero-order chi connectivity index (χ0) is 11.7. The second-order valence-electron chi connectivity index (χ2n) is 4.67. The average molecular weight is 271 g/mol. The van der Waals surface area contributed by atoms with Gasteiger partial charge >= 0.3 is 0 Å². The molecule has 2 aliphatic rings. The normalized spacial score (nSPS) is 34.1. The van der Waals surface area contributed by atoms with Crippen molar-refractivity contribution < 1.29 is 4.52 Å². The fourth-order valence-electron chi connectivity index (χ4n) is 2.31.